The fraction of sp³-hybridized carbons (Fsp3) is 0.727. The molecular formula is C11H19N3O2S2. The van der Waals surface area contributed by atoms with Crippen molar-refractivity contribution in [3.8, 4) is 0 Å². The van der Waals surface area contributed by atoms with E-state index in [1.807, 2.05) is 13.8 Å². The first-order valence-corrected chi connectivity index (χ1v) is 8.32. The molecule has 1 heterocycles. The molecule has 0 amide bonds. The van der Waals surface area contributed by atoms with Gasteiger partial charge in [-0.15, -0.1) is 0 Å². The maximum absolute atomic E-state index is 12.6. The SMILES string of the molecule is Cc1nc(N)sc1S(=O)(=O)N(CC(C)C)C1CC1. The largest absolute Gasteiger partial charge is 0.375 e. The third-order valence-electron chi connectivity index (χ3n) is 2.81. The van der Waals surface area contributed by atoms with E-state index in [2.05, 4.69) is 4.98 Å². The number of hydrogen-bond donors (Lipinski definition) is 1. The molecule has 2 rings (SSSR count). The molecule has 0 saturated heterocycles. The summed E-state index contributed by atoms with van der Waals surface area (Å²) in [7, 11) is -3.43. The van der Waals surface area contributed by atoms with Gasteiger partial charge in [0.25, 0.3) is 10.0 Å². The van der Waals surface area contributed by atoms with Gasteiger partial charge in [-0.3, -0.25) is 0 Å². The average Bonchev–Trinajstić information content (AvgIpc) is 3.00. The molecule has 1 aromatic heterocycles. The van der Waals surface area contributed by atoms with Gasteiger partial charge in [-0.25, -0.2) is 13.4 Å². The monoisotopic (exact) mass is 289 g/mol. The Labute approximate surface area is 112 Å². The average molecular weight is 289 g/mol. The number of nitrogen functional groups attached to an aromatic ring is 1. The molecule has 0 atom stereocenters. The van der Waals surface area contributed by atoms with Crippen LogP contribution in [0.2, 0.25) is 0 Å². The van der Waals surface area contributed by atoms with Crippen molar-refractivity contribution >= 4 is 26.5 Å². The molecule has 1 aliphatic rings. The Hall–Kier alpha value is -0.660. The number of nitrogens with two attached hydrogens (primary N) is 1. The summed E-state index contributed by atoms with van der Waals surface area (Å²) in [4.78, 5) is 4.01. The van der Waals surface area contributed by atoms with Gasteiger partial charge >= 0.3 is 0 Å². The van der Waals surface area contributed by atoms with Crippen LogP contribution in [0.5, 0.6) is 0 Å². The van der Waals surface area contributed by atoms with Crippen LogP contribution in [0.4, 0.5) is 5.13 Å². The van der Waals surface area contributed by atoms with Crippen molar-refractivity contribution in [3.05, 3.63) is 5.69 Å². The topological polar surface area (TPSA) is 76.3 Å². The van der Waals surface area contributed by atoms with Crippen LogP contribution in [0.3, 0.4) is 0 Å². The second-order valence-corrected chi connectivity index (χ2v) is 8.24. The first kappa shape index (κ1) is 13.8. The van der Waals surface area contributed by atoms with E-state index in [0.29, 0.717) is 27.5 Å². The third-order valence-corrected chi connectivity index (χ3v) is 6.30. The number of aryl methyl sites for hydroxylation is 1. The molecule has 0 unspecified atom stereocenters. The number of nitrogens with zero attached hydrogens (tertiary/aromatic N) is 2. The first-order valence-electron chi connectivity index (χ1n) is 6.07. The van der Waals surface area contributed by atoms with E-state index < -0.39 is 10.0 Å². The molecule has 0 spiro atoms. The Kier molecular flexibility index (Phi) is 3.66. The quantitative estimate of drug-likeness (QED) is 0.897. The Morgan fingerprint density at radius 1 is 1.50 bits per heavy atom. The van der Waals surface area contributed by atoms with Gasteiger partial charge in [0.05, 0.1) is 5.69 Å². The minimum Gasteiger partial charge on any atom is -0.375 e. The van der Waals surface area contributed by atoms with Gasteiger partial charge in [-0.05, 0) is 25.7 Å². The number of sulfonamides is 1. The molecule has 2 N–H and O–H groups in total. The van der Waals surface area contributed by atoms with Crippen LogP contribution in [0.1, 0.15) is 32.4 Å². The third kappa shape index (κ3) is 2.67. The smallest absolute Gasteiger partial charge is 0.254 e. The maximum Gasteiger partial charge on any atom is 0.254 e. The zero-order valence-corrected chi connectivity index (χ0v) is 12.5. The normalized spacial score (nSPS) is 16.7. The highest BCUT2D eigenvalue weighted by Gasteiger charge is 2.39. The second kappa shape index (κ2) is 4.79. The minimum absolute atomic E-state index is 0.167. The molecule has 1 fully saturated rings. The van der Waals surface area contributed by atoms with Crippen LogP contribution < -0.4 is 5.73 Å². The van der Waals surface area contributed by atoms with Crippen LogP contribution >= 0.6 is 11.3 Å². The zero-order chi connectivity index (χ0) is 13.5. The molecule has 5 nitrogen and oxygen atoms in total. The van der Waals surface area contributed by atoms with Gasteiger partial charge in [0.2, 0.25) is 0 Å². The lowest BCUT2D eigenvalue weighted by Gasteiger charge is -2.23. The van der Waals surface area contributed by atoms with Crippen molar-refractivity contribution in [3.63, 3.8) is 0 Å². The summed E-state index contributed by atoms with van der Waals surface area (Å²) in [5.41, 5.74) is 6.10. The van der Waals surface area contributed by atoms with Crippen LogP contribution in [-0.4, -0.2) is 30.3 Å². The Balaban J connectivity index is 2.36. The van der Waals surface area contributed by atoms with E-state index in [9.17, 15) is 8.42 Å². The molecular weight excluding hydrogens is 270 g/mol. The van der Waals surface area contributed by atoms with E-state index in [1.54, 1.807) is 11.2 Å². The molecule has 0 aliphatic heterocycles. The number of aromatic nitrogens is 1. The van der Waals surface area contributed by atoms with Gasteiger partial charge in [-0.2, -0.15) is 4.31 Å². The zero-order valence-electron chi connectivity index (χ0n) is 10.9. The summed E-state index contributed by atoms with van der Waals surface area (Å²) in [5.74, 6) is 0.311. The van der Waals surface area contributed by atoms with Crippen molar-refractivity contribution in [1.82, 2.24) is 9.29 Å². The Bertz CT molecular complexity index is 532. The fourth-order valence-electron chi connectivity index (χ4n) is 1.91. The predicted molar refractivity (Wildman–Crippen MR) is 73.0 cm³/mol. The number of rotatable bonds is 5. The summed E-state index contributed by atoms with van der Waals surface area (Å²) in [6, 6.07) is 0.167. The van der Waals surface area contributed by atoms with E-state index >= 15 is 0 Å². The van der Waals surface area contributed by atoms with Crippen LogP contribution in [0.15, 0.2) is 4.21 Å². The lowest BCUT2D eigenvalue weighted by Crippen LogP contribution is -2.36. The highest BCUT2D eigenvalue weighted by atomic mass is 32.2. The van der Waals surface area contributed by atoms with E-state index in [4.69, 9.17) is 5.73 Å². The van der Waals surface area contributed by atoms with Gasteiger partial charge in [0.1, 0.15) is 0 Å². The maximum atomic E-state index is 12.6. The van der Waals surface area contributed by atoms with E-state index in [1.165, 1.54) is 0 Å². The van der Waals surface area contributed by atoms with Crippen molar-refractivity contribution in [1.29, 1.82) is 0 Å². The molecule has 1 aromatic rings. The Morgan fingerprint density at radius 3 is 2.50 bits per heavy atom. The van der Waals surface area contributed by atoms with E-state index in [-0.39, 0.29) is 6.04 Å². The number of hydrogen-bond acceptors (Lipinski definition) is 5. The summed E-state index contributed by atoms with van der Waals surface area (Å²) in [5, 5.41) is 0.311. The highest BCUT2D eigenvalue weighted by molar-refractivity contribution is 7.91. The van der Waals surface area contributed by atoms with Crippen LogP contribution in [0.25, 0.3) is 0 Å². The Morgan fingerprint density at radius 2 is 2.11 bits per heavy atom. The van der Waals surface area contributed by atoms with Crippen molar-refractivity contribution < 1.29 is 8.42 Å². The van der Waals surface area contributed by atoms with Crippen LogP contribution in [-0.2, 0) is 10.0 Å². The lowest BCUT2D eigenvalue weighted by molar-refractivity contribution is 0.360. The molecule has 1 saturated carbocycles. The highest BCUT2D eigenvalue weighted by Crippen LogP contribution is 2.36. The summed E-state index contributed by atoms with van der Waals surface area (Å²) < 4.78 is 27.2. The molecule has 0 bridgehead atoms. The standard InChI is InChI=1S/C11H19N3O2S2/c1-7(2)6-14(9-4-5-9)18(15,16)10-8(3)13-11(12)17-10/h7,9H,4-6H2,1-3H3,(H2,12,13). The minimum atomic E-state index is -3.43. The van der Waals surface area contributed by atoms with Crippen molar-refractivity contribution in [2.75, 3.05) is 12.3 Å². The van der Waals surface area contributed by atoms with Crippen LogP contribution in [0, 0.1) is 12.8 Å². The van der Waals surface area contributed by atoms with Crippen molar-refractivity contribution in [2.45, 2.75) is 43.9 Å². The fourth-order valence-corrected chi connectivity index (χ4v) is 5.17. The predicted octanol–water partition coefficient (Wildman–Crippen LogP) is 1.84. The summed E-state index contributed by atoms with van der Waals surface area (Å²) in [6.45, 7) is 6.31. The van der Waals surface area contributed by atoms with E-state index in [0.717, 1.165) is 24.2 Å². The molecule has 0 radical (unpaired) electrons. The molecule has 7 heteroatoms. The lowest BCUT2D eigenvalue weighted by atomic mass is 10.2. The van der Waals surface area contributed by atoms with Gasteiger partial charge in [0.15, 0.2) is 9.34 Å². The summed E-state index contributed by atoms with van der Waals surface area (Å²) in [6.07, 6.45) is 1.92. The molecule has 18 heavy (non-hydrogen) atoms. The van der Waals surface area contributed by atoms with Gasteiger partial charge in [-0.1, -0.05) is 25.2 Å². The summed E-state index contributed by atoms with van der Waals surface area (Å²) >= 11 is 1.06. The second-order valence-electron chi connectivity index (χ2n) is 5.12. The molecule has 1 aliphatic carbocycles. The molecule has 102 valence electrons. The number of thiazole rings is 1. The van der Waals surface area contributed by atoms with Crippen molar-refractivity contribution in [2.24, 2.45) is 5.92 Å². The van der Waals surface area contributed by atoms with Gasteiger partial charge < -0.3 is 5.73 Å². The number of anilines is 1. The first-order chi connectivity index (χ1) is 8.32. The van der Waals surface area contributed by atoms with Gasteiger partial charge in [0, 0.05) is 12.6 Å². The molecule has 0 aromatic carbocycles.